The molecule has 0 aromatic heterocycles. The summed E-state index contributed by atoms with van der Waals surface area (Å²) in [5, 5.41) is 0. The van der Waals surface area contributed by atoms with Crippen molar-refractivity contribution >= 4 is 0 Å². The number of ether oxygens (including phenoxy) is 1. The Labute approximate surface area is 108 Å². The van der Waals surface area contributed by atoms with E-state index >= 15 is 0 Å². The lowest BCUT2D eigenvalue weighted by Crippen LogP contribution is -2.36. The van der Waals surface area contributed by atoms with Crippen molar-refractivity contribution in [2.24, 2.45) is 5.73 Å². The molecule has 1 aliphatic rings. The molecule has 0 radical (unpaired) electrons. The Morgan fingerprint density at radius 3 is 2.72 bits per heavy atom. The fourth-order valence-electron chi connectivity index (χ4n) is 2.46. The van der Waals surface area contributed by atoms with Crippen LogP contribution in [-0.4, -0.2) is 31.2 Å². The summed E-state index contributed by atoms with van der Waals surface area (Å²) in [4.78, 5) is 2.27. The zero-order valence-electron chi connectivity index (χ0n) is 10.9. The summed E-state index contributed by atoms with van der Waals surface area (Å²) in [7, 11) is 2.08. The second-order valence-corrected chi connectivity index (χ2v) is 4.88. The van der Waals surface area contributed by atoms with Gasteiger partial charge in [-0.2, -0.15) is 0 Å². The number of nitrogens with two attached hydrogens (primary N) is 1. The van der Waals surface area contributed by atoms with Crippen LogP contribution in [0.15, 0.2) is 18.2 Å². The largest absolute Gasteiger partial charge is 0.381 e. The van der Waals surface area contributed by atoms with Crippen LogP contribution in [0.1, 0.15) is 24.0 Å². The summed E-state index contributed by atoms with van der Waals surface area (Å²) in [5.41, 5.74) is 7.71. The summed E-state index contributed by atoms with van der Waals surface area (Å²) in [6, 6.07) is 5.37. The van der Waals surface area contributed by atoms with Gasteiger partial charge in [-0.25, -0.2) is 4.39 Å². The molecule has 0 spiro atoms. The van der Waals surface area contributed by atoms with E-state index < -0.39 is 0 Å². The fourth-order valence-corrected chi connectivity index (χ4v) is 2.46. The van der Waals surface area contributed by atoms with Crippen LogP contribution in [0.4, 0.5) is 4.39 Å². The molecule has 18 heavy (non-hydrogen) atoms. The maximum absolute atomic E-state index is 13.3. The van der Waals surface area contributed by atoms with Gasteiger partial charge >= 0.3 is 0 Å². The summed E-state index contributed by atoms with van der Waals surface area (Å²) < 4.78 is 18.7. The molecule has 1 aromatic rings. The Bertz CT molecular complexity index is 391. The maximum atomic E-state index is 13.3. The van der Waals surface area contributed by atoms with Crippen LogP contribution in [0.5, 0.6) is 0 Å². The first kappa shape index (κ1) is 13.5. The highest BCUT2D eigenvalue weighted by Gasteiger charge is 2.19. The maximum Gasteiger partial charge on any atom is 0.123 e. The molecule has 2 rings (SSSR count). The first-order chi connectivity index (χ1) is 8.70. The zero-order chi connectivity index (χ0) is 13.0. The van der Waals surface area contributed by atoms with Crippen molar-refractivity contribution < 1.29 is 9.13 Å². The zero-order valence-corrected chi connectivity index (χ0v) is 10.9. The number of halogens is 1. The van der Waals surface area contributed by atoms with E-state index in [1.807, 2.05) is 0 Å². The van der Waals surface area contributed by atoms with E-state index in [0.29, 0.717) is 12.6 Å². The molecule has 1 aliphatic heterocycles. The van der Waals surface area contributed by atoms with Crippen LogP contribution in [0.25, 0.3) is 0 Å². The molecule has 4 heteroatoms. The third-order valence-electron chi connectivity index (χ3n) is 3.62. The molecule has 0 saturated carbocycles. The van der Waals surface area contributed by atoms with Crippen LogP contribution >= 0.6 is 0 Å². The summed E-state index contributed by atoms with van der Waals surface area (Å²) in [5.74, 6) is -0.192. The molecular formula is C14H21FN2O. The van der Waals surface area contributed by atoms with Crippen molar-refractivity contribution in [1.29, 1.82) is 0 Å². The lowest BCUT2D eigenvalue weighted by Gasteiger charge is -2.31. The van der Waals surface area contributed by atoms with E-state index in [4.69, 9.17) is 10.5 Å². The average Bonchev–Trinajstić information content (AvgIpc) is 2.40. The second kappa shape index (κ2) is 6.27. The lowest BCUT2D eigenvalue weighted by atomic mass is 10.0. The van der Waals surface area contributed by atoms with Crippen molar-refractivity contribution in [2.75, 3.05) is 20.3 Å². The van der Waals surface area contributed by atoms with Gasteiger partial charge in [0, 0.05) is 32.3 Å². The molecule has 0 aliphatic carbocycles. The second-order valence-electron chi connectivity index (χ2n) is 4.88. The van der Waals surface area contributed by atoms with E-state index in [1.54, 1.807) is 12.1 Å². The minimum Gasteiger partial charge on any atom is -0.381 e. The monoisotopic (exact) mass is 252 g/mol. The highest BCUT2D eigenvalue weighted by molar-refractivity contribution is 5.27. The van der Waals surface area contributed by atoms with Crippen LogP contribution in [-0.2, 0) is 17.8 Å². The topological polar surface area (TPSA) is 38.5 Å². The molecule has 100 valence electrons. The predicted molar refractivity (Wildman–Crippen MR) is 69.6 cm³/mol. The van der Waals surface area contributed by atoms with Crippen molar-refractivity contribution in [3.05, 3.63) is 35.1 Å². The Morgan fingerprint density at radius 2 is 2.06 bits per heavy atom. The summed E-state index contributed by atoms with van der Waals surface area (Å²) >= 11 is 0. The average molecular weight is 252 g/mol. The first-order valence-corrected chi connectivity index (χ1v) is 6.46. The predicted octanol–water partition coefficient (Wildman–Crippen LogP) is 1.90. The minimum absolute atomic E-state index is 0.192. The fraction of sp³-hybridized carbons (Fsp3) is 0.571. The smallest absolute Gasteiger partial charge is 0.123 e. The Morgan fingerprint density at radius 1 is 1.33 bits per heavy atom. The molecule has 0 bridgehead atoms. The SMILES string of the molecule is CN(Cc1cc(F)ccc1CN)C1CCOCC1. The van der Waals surface area contributed by atoms with Crippen molar-refractivity contribution in [2.45, 2.75) is 32.0 Å². The molecule has 1 aromatic carbocycles. The summed E-state index contributed by atoms with van der Waals surface area (Å²) in [6.07, 6.45) is 2.09. The van der Waals surface area contributed by atoms with E-state index in [-0.39, 0.29) is 5.82 Å². The molecule has 0 amide bonds. The van der Waals surface area contributed by atoms with E-state index in [9.17, 15) is 4.39 Å². The van der Waals surface area contributed by atoms with Crippen LogP contribution < -0.4 is 5.73 Å². The number of hydrogen-bond acceptors (Lipinski definition) is 3. The third-order valence-corrected chi connectivity index (χ3v) is 3.62. The van der Waals surface area contributed by atoms with Gasteiger partial charge in [-0.15, -0.1) is 0 Å². The normalized spacial score (nSPS) is 17.3. The van der Waals surface area contributed by atoms with Crippen molar-refractivity contribution in [3.8, 4) is 0 Å². The van der Waals surface area contributed by atoms with Gasteiger partial charge in [-0.05, 0) is 43.1 Å². The lowest BCUT2D eigenvalue weighted by molar-refractivity contribution is 0.0406. The molecule has 2 N–H and O–H groups in total. The highest BCUT2D eigenvalue weighted by atomic mass is 19.1. The van der Waals surface area contributed by atoms with E-state index in [1.165, 1.54) is 6.07 Å². The van der Waals surface area contributed by atoms with Crippen LogP contribution in [0.2, 0.25) is 0 Å². The molecule has 0 atom stereocenters. The number of rotatable bonds is 4. The molecule has 3 nitrogen and oxygen atoms in total. The quantitative estimate of drug-likeness (QED) is 0.889. The van der Waals surface area contributed by atoms with E-state index in [0.717, 1.165) is 43.7 Å². The highest BCUT2D eigenvalue weighted by Crippen LogP contribution is 2.18. The summed E-state index contributed by atoms with van der Waals surface area (Å²) in [6.45, 7) is 2.84. The van der Waals surface area contributed by atoms with Gasteiger partial charge in [-0.3, -0.25) is 4.90 Å². The standard InChI is InChI=1S/C14H21FN2O/c1-17(14-4-6-18-7-5-14)10-12-8-13(15)3-2-11(12)9-16/h2-3,8,14H,4-7,9-10,16H2,1H3. The van der Waals surface area contributed by atoms with Crippen molar-refractivity contribution in [1.82, 2.24) is 4.90 Å². The van der Waals surface area contributed by atoms with Gasteiger partial charge in [0.25, 0.3) is 0 Å². The molecule has 1 saturated heterocycles. The van der Waals surface area contributed by atoms with Gasteiger partial charge in [0.2, 0.25) is 0 Å². The van der Waals surface area contributed by atoms with E-state index in [2.05, 4.69) is 11.9 Å². The number of nitrogens with zero attached hydrogens (tertiary/aromatic N) is 1. The van der Waals surface area contributed by atoms with Crippen molar-refractivity contribution in [3.63, 3.8) is 0 Å². The third kappa shape index (κ3) is 3.28. The van der Waals surface area contributed by atoms with Gasteiger partial charge in [0.05, 0.1) is 0 Å². The Kier molecular flexibility index (Phi) is 4.69. The molecule has 0 unspecified atom stereocenters. The molecular weight excluding hydrogens is 231 g/mol. The van der Waals surface area contributed by atoms with Crippen LogP contribution in [0, 0.1) is 5.82 Å². The van der Waals surface area contributed by atoms with Crippen LogP contribution in [0.3, 0.4) is 0 Å². The molecule has 1 fully saturated rings. The van der Waals surface area contributed by atoms with Gasteiger partial charge < -0.3 is 10.5 Å². The molecule has 1 heterocycles. The number of benzene rings is 1. The minimum atomic E-state index is -0.192. The first-order valence-electron chi connectivity index (χ1n) is 6.46. The number of hydrogen-bond donors (Lipinski definition) is 1. The van der Waals surface area contributed by atoms with Gasteiger partial charge in [-0.1, -0.05) is 6.07 Å². The Balaban J connectivity index is 2.05. The van der Waals surface area contributed by atoms with Gasteiger partial charge in [0.15, 0.2) is 0 Å². The van der Waals surface area contributed by atoms with Gasteiger partial charge in [0.1, 0.15) is 5.82 Å². The Hall–Kier alpha value is -0.970.